The van der Waals surface area contributed by atoms with Gasteiger partial charge in [-0.25, -0.2) is 0 Å². The van der Waals surface area contributed by atoms with E-state index in [1.807, 2.05) is 19.1 Å². The highest BCUT2D eigenvalue weighted by Gasteiger charge is 2.17. The molecule has 0 saturated carbocycles. The lowest BCUT2D eigenvalue weighted by molar-refractivity contribution is 0.102. The van der Waals surface area contributed by atoms with Crippen LogP contribution in [0, 0.1) is 6.92 Å². The zero-order valence-corrected chi connectivity index (χ0v) is 12.6. The summed E-state index contributed by atoms with van der Waals surface area (Å²) in [5.74, 6) is -0.195. The summed E-state index contributed by atoms with van der Waals surface area (Å²) in [4.78, 5) is 18.6. The van der Waals surface area contributed by atoms with Gasteiger partial charge in [-0.1, -0.05) is 12.1 Å². The van der Waals surface area contributed by atoms with Crippen LogP contribution >= 0.6 is 0 Å². The number of amides is 1. The van der Waals surface area contributed by atoms with Gasteiger partial charge in [0.05, 0.1) is 24.6 Å². The Bertz CT molecular complexity index is 652. The Kier molecular flexibility index (Phi) is 4.34. The molecule has 1 fully saturated rings. The van der Waals surface area contributed by atoms with Gasteiger partial charge in [-0.2, -0.15) is 0 Å². The van der Waals surface area contributed by atoms with Gasteiger partial charge in [-0.15, -0.1) is 0 Å². The van der Waals surface area contributed by atoms with Crippen LogP contribution in [0.4, 0.5) is 11.4 Å². The van der Waals surface area contributed by atoms with Crippen LogP contribution in [-0.4, -0.2) is 37.2 Å². The second kappa shape index (κ2) is 6.58. The number of hydrogen-bond acceptors (Lipinski definition) is 4. The fourth-order valence-corrected chi connectivity index (χ4v) is 2.50. The predicted molar refractivity (Wildman–Crippen MR) is 86.4 cm³/mol. The van der Waals surface area contributed by atoms with E-state index < -0.39 is 0 Å². The van der Waals surface area contributed by atoms with Crippen LogP contribution in [0.15, 0.2) is 42.6 Å². The largest absolute Gasteiger partial charge is 0.378 e. The monoisotopic (exact) mass is 297 g/mol. The zero-order valence-electron chi connectivity index (χ0n) is 12.6. The fourth-order valence-electron chi connectivity index (χ4n) is 2.50. The molecule has 1 aliphatic rings. The molecule has 0 spiro atoms. The van der Waals surface area contributed by atoms with Gasteiger partial charge in [-0.3, -0.25) is 9.78 Å². The number of anilines is 2. The molecule has 1 aromatic heterocycles. The van der Waals surface area contributed by atoms with Crippen LogP contribution in [0.3, 0.4) is 0 Å². The van der Waals surface area contributed by atoms with E-state index in [0.29, 0.717) is 18.9 Å². The van der Waals surface area contributed by atoms with E-state index >= 15 is 0 Å². The maximum absolute atomic E-state index is 12.3. The molecule has 2 heterocycles. The molecule has 3 rings (SSSR count). The first kappa shape index (κ1) is 14.5. The topological polar surface area (TPSA) is 54.5 Å². The average molecular weight is 297 g/mol. The Morgan fingerprint density at radius 1 is 1.23 bits per heavy atom. The summed E-state index contributed by atoms with van der Waals surface area (Å²) in [7, 11) is 0. The van der Waals surface area contributed by atoms with Crippen LogP contribution in [0.5, 0.6) is 0 Å². The van der Waals surface area contributed by atoms with E-state index in [-0.39, 0.29) is 5.91 Å². The van der Waals surface area contributed by atoms with Crippen molar-refractivity contribution in [2.45, 2.75) is 6.92 Å². The number of morpholine rings is 1. The molecule has 2 aromatic rings. The van der Waals surface area contributed by atoms with Gasteiger partial charge >= 0.3 is 0 Å². The molecule has 0 unspecified atom stereocenters. The Morgan fingerprint density at radius 3 is 2.77 bits per heavy atom. The quantitative estimate of drug-likeness (QED) is 0.945. The van der Waals surface area contributed by atoms with Crippen molar-refractivity contribution in [3.05, 3.63) is 53.9 Å². The molecule has 1 saturated heterocycles. The van der Waals surface area contributed by atoms with Gasteiger partial charge in [-0.05, 0) is 36.8 Å². The molecule has 0 aliphatic carbocycles. The lowest BCUT2D eigenvalue weighted by Gasteiger charge is -2.30. The summed E-state index contributed by atoms with van der Waals surface area (Å²) in [5, 5.41) is 2.97. The highest BCUT2D eigenvalue weighted by Crippen LogP contribution is 2.28. The minimum atomic E-state index is -0.195. The molecule has 5 nitrogen and oxygen atoms in total. The summed E-state index contributed by atoms with van der Waals surface area (Å²) in [6.07, 6.45) is 1.62. The van der Waals surface area contributed by atoms with Crippen molar-refractivity contribution in [2.75, 3.05) is 36.5 Å². The highest BCUT2D eigenvalue weighted by molar-refractivity contribution is 6.04. The molecule has 22 heavy (non-hydrogen) atoms. The first-order chi connectivity index (χ1) is 10.7. The summed E-state index contributed by atoms with van der Waals surface area (Å²) in [6, 6.07) is 11.3. The predicted octanol–water partition coefficient (Wildman–Crippen LogP) is 2.48. The zero-order chi connectivity index (χ0) is 15.4. The lowest BCUT2D eigenvalue weighted by atomic mass is 10.1. The SMILES string of the molecule is Cc1ccc(NC(=O)c2ccccn2)c(N2CCOCC2)c1. The van der Waals surface area contributed by atoms with Gasteiger partial charge in [0.25, 0.3) is 5.91 Å². The number of nitrogens with zero attached hydrogens (tertiary/aromatic N) is 2. The molecule has 1 amide bonds. The van der Waals surface area contributed by atoms with Gasteiger partial charge in [0, 0.05) is 19.3 Å². The Labute approximate surface area is 129 Å². The minimum absolute atomic E-state index is 0.195. The molecular formula is C17H19N3O2. The number of carbonyl (C=O) groups excluding carboxylic acids is 1. The van der Waals surface area contributed by atoms with Crippen LogP contribution in [-0.2, 0) is 4.74 Å². The first-order valence-corrected chi connectivity index (χ1v) is 7.40. The van der Waals surface area contributed by atoms with Crippen molar-refractivity contribution < 1.29 is 9.53 Å². The number of benzene rings is 1. The number of hydrogen-bond donors (Lipinski definition) is 1. The number of pyridine rings is 1. The number of ether oxygens (including phenoxy) is 1. The average Bonchev–Trinajstić information content (AvgIpc) is 2.58. The van der Waals surface area contributed by atoms with Crippen molar-refractivity contribution in [3.8, 4) is 0 Å². The normalized spacial score (nSPS) is 14.7. The third kappa shape index (κ3) is 3.26. The first-order valence-electron chi connectivity index (χ1n) is 7.40. The molecule has 1 aliphatic heterocycles. The number of rotatable bonds is 3. The molecule has 0 radical (unpaired) electrons. The number of aromatic nitrogens is 1. The van der Waals surface area contributed by atoms with E-state index in [1.165, 1.54) is 0 Å². The van der Waals surface area contributed by atoms with Crippen molar-refractivity contribution in [1.29, 1.82) is 0 Å². The van der Waals surface area contributed by atoms with Crippen LogP contribution in [0.2, 0.25) is 0 Å². The third-order valence-electron chi connectivity index (χ3n) is 3.65. The van der Waals surface area contributed by atoms with Crippen molar-refractivity contribution in [1.82, 2.24) is 4.98 Å². The number of aryl methyl sites for hydroxylation is 1. The fraction of sp³-hybridized carbons (Fsp3) is 0.294. The van der Waals surface area contributed by atoms with Crippen LogP contribution < -0.4 is 10.2 Å². The smallest absolute Gasteiger partial charge is 0.274 e. The van der Waals surface area contributed by atoms with Crippen LogP contribution in [0.25, 0.3) is 0 Å². The Balaban J connectivity index is 1.85. The number of nitrogens with one attached hydrogen (secondary N) is 1. The maximum Gasteiger partial charge on any atom is 0.274 e. The van der Waals surface area contributed by atoms with Crippen LogP contribution in [0.1, 0.15) is 16.1 Å². The summed E-state index contributed by atoms with van der Waals surface area (Å²) in [6.45, 7) is 5.13. The van der Waals surface area contributed by atoms with Gasteiger partial charge < -0.3 is 15.0 Å². The number of carbonyl (C=O) groups is 1. The van der Waals surface area contributed by atoms with Crippen molar-refractivity contribution in [3.63, 3.8) is 0 Å². The summed E-state index contributed by atoms with van der Waals surface area (Å²) < 4.78 is 5.40. The standard InChI is InChI=1S/C17H19N3O2/c1-13-5-6-14(16(12-13)20-8-10-22-11-9-20)19-17(21)15-4-2-3-7-18-15/h2-7,12H,8-11H2,1H3,(H,19,21). The van der Waals surface area contributed by atoms with Gasteiger partial charge in [0.2, 0.25) is 0 Å². The van der Waals surface area contributed by atoms with Crippen molar-refractivity contribution in [2.24, 2.45) is 0 Å². The molecule has 114 valence electrons. The van der Waals surface area contributed by atoms with Gasteiger partial charge in [0.15, 0.2) is 0 Å². The molecule has 5 heteroatoms. The maximum atomic E-state index is 12.3. The summed E-state index contributed by atoms with van der Waals surface area (Å²) >= 11 is 0. The van der Waals surface area contributed by atoms with E-state index in [4.69, 9.17) is 4.74 Å². The van der Waals surface area contributed by atoms with E-state index in [0.717, 1.165) is 30.0 Å². The Morgan fingerprint density at radius 2 is 2.05 bits per heavy atom. The third-order valence-corrected chi connectivity index (χ3v) is 3.65. The van der Waals surface area contributed by atoms with Gasteiger partial charge in [0.1, 0.15) is 5.69 Å². The highest BCUT2D eigenvalue weighted by atomic mass is 16.5. The Hall–Kier alpha value is -2.40. The molecule has 0 atom stereocenters. The second-order valence-electron chi connectivity index (χ2n) is 5.29. The molecule has 1 N–H and O–H groups in total. The van der Waals surface area contributed by atoms with Crippen molar-refractivity contribution >= 4 is 17.3 Å². The van der Waals surface area contributed by atoms with E-state index in [9.17, 15) is 4.79 Å². The summed E-state index contributed by atoms with van der Waals surface area (Å²) in [5.41, 5.74) is 3.42. The second-order valence-corrected chi connectivity index (χ2v) is 5.29. The minimum Gasteiger partial charge on any atom is -0.378 e. The van der Waals surface area contributed by atoms with E-state index in [2.05, 4.69) is 21.3 Å². The lowest BCUT2D eigenvalue weighted by Crippen LogP contribution is -2.36. The molecular weight excluding hydrogens is 278 g/mol. The molecule has 0 bridgehead atoms. The molecule has 1 aromatic carbocycles. The van der Waals surface area contributed by atoms with E-state index in [1.54, 1.807) is 24.4 Å².